The van der Waals surface area contributed by atoms with Gasteiger partial charge >= 0.3 is 14.8 Å². The van der Waals surface area contributed by atoms with E-state index in [9.17, 15) is 0 Å². The normalized spacial score (nSPS) is 10.9. The molecule has 0 amide bonds. The van der Waals surface area contributed by atoms with Crippen LogP contribution in [0.2, 0.25) is 4.28 Å². The van der Waals surface area contributed by atoms with Crippen LogP contribution in [0.25, 0.3) is 0 Å². The van der Waals surface area contributed by atoms with Gasteiger partial charge in [0.25, 0.3) is 0 Å². The molecule has 2 rings (SSSR count). The Labute approximate surface area is 120 Å². The van der Waals surface area contributed by atoms with Crippen molar-refractivity contribution < 1.29 is 7.58 Å². The van der Waals surface area contributed by atoms with Crippen molar-refractivity contribution in [3.05, 3.63) is 60.7 Å². The van der Waals surface area contributed by atoms with Crippen molar-refractivity contribution in [2.75, 3.05) is 0 Å². The van der Waals surface area contributed by atoms with Crippen LogP contribution < -0.4 is 7.58 Å². The van der Waals surface area contributed by atoms with Gasteiger partial charge in [0.2, 0.25) is 0 Å². The summed E-state index contributed by atoms with van der Waals surface area (Å²) >= 11 is -1.88. The highest BCUT2D eigenvalue weighted by Crippen LogP contribution is 2.30. The van der Waals surface area contributed by atoms with E-state index in [1.54, 1.807) is 0 Å². The van der Waals surface area contributed by atoms with E-state index in [1.165, 1.54) is 0 Å². The van der Waals surface area contributed by atoms with Crippen LogP contribution in [0.15, 0.2) is 60.7 Å². The molecule has 0 aliphatic heterocycles. The summed E-state index contributed by atoms with van der Waals surface area (Å²) in [5, 5.41) is 0. The van der Waals surface area contributed by atoms with Crippen molar-refractivity contribution in [2.45, 2.75) is 25.0 Å². The van der Waals surface area contributed by atoms with Crippen LogP contribution in [0.3, 0.4) is 0 Å². The molecule has 0 saturated carbocycles. The largest absolute Gasteiger partial charge is 0.863 e. The van der Waals surface area contributed by atoms with Gasteiger partial charge in [-0.3, -0.25) is 0 Å². The van der Waals surface area contributed by atoms with Crippen molar-refractivity contribution in [1.29, 1.82) is 0 Å². The monoisotopic (exact) mass is 270 g/mol. The molecule has 2 aromatic carbocycles. The van der Waals surface area contributed by atoms with Crippen LogP contribution in [0.1, 0.15) is 20.8 Å². The van der Waals surface area contributed by atoms with Crippen LogP contribution in [0, 0.1) is 0 Å². The Bertz CT molecular complexity index is 450. The van der Waals surface area contributed by atoms with Crippen LogP contribution in [0.4, 0.5) is 0 Å². The molecule has 3 heteroatoms. The van der Waals surface area contributed by atoms with Crippen LogP contribution in [-0.4, -0.2) is 14.8 Å². The Hall–Kier alpha value is -1.43. The lowest BCUT2D eigenvalue weighted by atomic mass is 10.2. The minimum Gasteiger partial charge on any atom is -0.612 e. The van der Waals surface area contributed by atoms with Gasteiger partial charge in [0.05, 0.1) is 11.5 Å². The third-order valence-electron chi connectivity index (χ3n) is 2.68. The summed E-state index contributed by atoms with van der Waals surface area (Å²) in [7, 11) is 0. The SMILES string of the molecule is C[C](C)(C)[Al]([O]c1ccccc1)[O]c1ccccc1. The lowest BCUT2D eigenvalue weighted by molar-refractivity contribution is 0.379. The smallest absolute Gasteiger partial charge is 0.612 e. The van der Waals surface area contributed by atoms with Crippen molar-refractivity contribution in [3.8, 4) is 11.5 Å². The van der Waals surface area contributed by atoms with Gasteiger partial charge in [0.15, 0.2) is 0 Å². The Morgan fingerprint density at radius 3 is 1.37 bits per heavy atom. The van der Waals surface area contributed by atoms with E-state index in [-0.39, 0.29) is 4.28 Å². The van der Waals surface area contributed by atoms with Crippen molar-refractivity contribution >= 4 is 14.8 Å². The molecule has 2 nitrogen and oxygen atoms in total. The quantitative estimate of drug-likeness (QED) is 0.765. The summed E-state index contributed by atoms with van der Waals surface area (Å²) in [6.45, 7) is 6.49. The van der Waals surface area contributed by atoms with Crippen molar-refractivity contribution in [2.24, 2.45) is 0 Å². The summed E-state index contributed by atoms with van der Waals surface area (Å²) in [5.74, 6) is 1.76. The highest BCUT2D eigenvalue weighted by atomic mass is 27.2. The molecular formula is C16H19AlO2. The molecule has 0 aliphatic rings. The average molecular weight is 270 g/mol. The van der Waals surface area contributed by atoms with Gasteiger partial charge in [-0.1, -0.05) is 57.2 Å². The van der Waals surface area contributed by atoms with E-state index >= 15 is 0 Å². The number of para-hydroxylation sites is 2. The summed E-state index contributed by atoms with van der Waals surface area (Å²) in [6, 6.07) is 19.8. The predicted molar refractivity (Wildman–Crippen MR) is 79.6 cm³/mol. The minimum absolute atomic E-state index is 0.0195. The van der Waals surface area contributed by atoms with E-state index in [4.69, 9.17) is 7.58 Å². The highest BCUT2D eigenvalue weighted by Gasteiger charge is 2.46. The Balaban J connectivity index is 2.13. The Kier molecular flexibility index (Phi) is 4.53. The molecular weight excluding hydrogens is 251 g/mol. The van der Waals surface area contributed by atoms with E-state index in [2.05, 4.69) is 20.8 Å². The molecule has 0 N–H and O–H groups in total. The molecule has 0 spiro atoms. The predicted octanol–water partition coefficient (Wildman–Crippen LogP) is 4.43. The second kappa shape index (κ2) is 6.15. The fourth-order valence-electron chi connectivity index (χ4n) is 1.62. The summed E-state index contributed by atoms with van der Waals surface area (Å²) in [4.78, 5) is 0. The molecule has 0 atom stereocenters. The summed E-state index contributed by atoms with van der Waals surface area (Å²) in [6.07, 6.45) is 0. The first-order chi connectivity index (χ1) is 9.05. The molecule has 0 saturated heterocycles. The topological polar surface area (TPSA) is 18.5 Å². The third kappa shape index (κ3) is 4.31. The van der Waals surface area contributed by atoms with Gasteiger partial charge in [0, 0.05) is 4.28 Å². The molecule has 0 unspecified atom stereocenters. The molecule has 0 fully saturated rings. The van der Waals surface area contributed by atoms with Gasteiger partial charge in [-0.05, 0) is 24.3 Å². The number of rotatable bonds is 4. The van der Waals surface area contributed by atoms with Gasteiger partial charge in [0.1, 0.15) is 0 Å². The van der Waals surface area contributed by atoms with Crippen LogP contribution in [0.5, 0.6) is 11.5 Å². The summed E-state index contributed by atoms with van der Waals surface area (Å²) in [5.41, 5.74) is 0. The zero-order valence-electron chi connectivity index (χ0n) is 11.7. The van der Waals surface area contributed by atoms with Gasteiger partial charge in [-0.15, -0.1) is 0 Å². The fraction of sp³-hybridized carbons (Fsp3) is 0.250. The average Bonchev–Trinajstić information content (AvgIpc) is 2.39. The molecule has 0 radical (unpaired) electrons. The van der Waals surface area contributed by atoms with Crippen LogP contribution >= 0.6 is 0 Å². The maximum atomic E-state index is 6.10. The first-order valence-corrected chi connectivity index (χ1v) is 8.01. The van der Waals surface area contributed by atoms with Gasteiger partial charge in [-0.25, -0.2) is 0 Å². The molecule has 0 aromatic heterocycles. The fourth-order valence-corrected chi connectivity index (χ4v) is 3.19. The highest BCUT2D eigenvalue weighted by molar-refractivity contribution is 6.50. The molecule has 2 aromatic rings. The molecule has 0 bridgehead atoms. The van der Waals surface area contributed by atoms with E-state index in [1.807, 2.05) is 60.7 Å². The zero-order chi connectivity index (χ0) is 13.7. The molecule has 98 valence electrons. The Morgan fingerprint density at radius 1 is 0.684 bits per heavy atom. The molecule has 0 heterocycles. The second-order valence-electron chi connectivity index (χ2n) is 5.56. The number of benzene rings is 2. The van der Waals surface area contributed by atoms with Crippen molar-refractivity contribution in [3.63, 3.8) is 0 Å². The van der Waals surface area contributed by atoms with Gasteiger partial charge < -0.3 is 7.58 Å². The third-order valence-corrected chi connectivity index (χ3v) is 5.07. The van der Waals surface area contributed by atoms with E-state index < -0.39 is 14.8 Å². The molecule has 19 heavy (non-hydrogen) atoms. The maximum absolute atomic E-state index is 6.10. The summed E-state index contributed by atoms with van der Waals surface area (Å²) < 4.78 is 12.2. The zero-order valence-corrected chi connectivity index (χ0v) is 12.8. The van der Waals surface area contributed by atoms with Crippen LogP contribution in [-0.2, 0) is 0 Å². The van der Waals surface area contributed by atoms with Crippen molar-refractivity contribution in [1.82, 2.24) is 0 Å². The standard InChI is InChI=1S/2C6H6O.C4H9.Al/c2*7-6-4-2-1-3-5-6;1-4(2)3;/h2*1-5,7H;1-3H3;/q;;;+2/p-2. The van der Waals surface area contributed by atoms with E-state index in [0.717, 1.165) is 11.5 Å². The second-order valence-corrected chi connectivity index (χ2v) is 8.43. The number of hydrogen-bond donors (Lipinski definition) is 0. The Morgan fingerprint density at radius 2 is 1.05 bits per heavy atom. The first-order valence-electron chi connectivity index (χ1n) is 6.49. The number of hydrogen-bond acceptors (Lipinski definition) is 2. The van der Waals surface area contributed by atoms with Gasteiger partial charge in [-0.2, -0.15) is 0 Å². The molecule has 0 aliphatic carbocycles. The first kappa shape index (κ1) is 14.0. The lowest BCUT2D eigenvalue weighted by Crippen LogP contribution is -2.39. The maximum Gasteiger partial charge on any atom is 0.863 e. The van der Waals surface area contributed by atoms with E-state index in [0.29, 0.717) is 0 Å². The lowest BCUT2D eigenvalue weighted by Gasteiger charge is -2.25. The minimum atomic E-state index is -1.88.